The highest BCUT2D eigenvalue weighted by Crippen LogP contribution is 2.19. The van der Waals surface area contributed by atoms with Crippen molar-refractivity contribution in [3.8, 4) is 0 Å². The van der Waals surface area contributed by atoms with Crippen LogP contribution in [0.2, 0.25) is 0 Å². The summed E-state index contributed by atoms with van der Waals surface area (Å²) >= 11 is 0. The molecule has 0 heterocycles. The van der Waals surface area contributed by atoms with E-state index in [-0.39, 0.29) is 46.5 Å². The molecule has 8 amide bonds. The maximum atomic E-state index is 13.9. The highest BCUT2D eigenvalue weighted by atomic mass is 16.2. The number of rotatable bonds is 32. The van der Waals surface area contributed by atoms with Crippen LogP contribution >= 0.6 is 0 Å². The number of hydrogen-bond acceptors (Lipinski definition) is 13. The summed E-state index contributed by atoms with van der Waals surface area (Å²) < 4.78 is 0. The van der Waals surface area contributed by atoms with E-state index in [1.54, 1.807) is 54.6 Å². The molecule has 4 atom stereocenters. The number of primary amides is 1. The van der Waals surface area contributed by atoms with Gasteiger partial charge in [0.25, 0.3) is 17.7 Å². The molecule has 74 heavy (non-hydrogen) atoms. The third-order valence-electron chi connectivity index (χ3n) is 11.9. The summed E-state index contributed by atoms with van der Waals surface area (Å²) in [6, 6.07) is 20.8. The number of nitrogens with one attached hydrogen (secondary N) is 7. The normalized spacial score (nSPS) is 12.5. The summed E-state index contributed by atoms with van der Waals surface area (Å²) in [7, 11) is 0. The number of anilines is 4. The highest BCUT2D eigenvalue weighted by Gasteiger charge is 2.26. The Bertz CT molecular complexity index is 2520. The molecule has 0 bridgehead atoms. The van der Waals surface area contributed by atoms with E-state index >= 15 is 0 Å². The maximum absolute atomic E-state index is 13.9. The van der Waals surface area contributed by atoms with E-state index in [0.717, 1.165) is 19.3 Å². The van der Waals surface area contributed by atoms with Crippen molar-refractivity contribution in [1.82, 2.24) is 16.0 Å². The molecule has 4 aromatic carbocycles. The first kappa shape index (κ1) is 59.0. The fourth-order valence-electron chi connectivity index (χ4n) is 7.71. The van der Waals surface area contributed by atoms with Gasteiger partial charge in [-0.05, 0) is 163 Å². The molecule has 4 rings (SSSR count). The van der Waals surface area contributed by atoms with E-state index in [4.69, 9.17) is 34.4 Å². The van der Waals surface area contributed by atoms with Gasteiger partial charge in [-0.3, -0.25) is 38.4 Å². The zero-order valence-electron chi connectivity index (χ0n) is 41.8. The first-order valence-corrected chi connectivity index (χ1v) is 25.1. The van der Waals surface area contributed by atoms with Gasteiger partial charge in [0.1, 0.15) is 18.1 Å². The molecule has 21 heteroatoms. The van der Waals surface area contributed by atoms with Crippen LogP contribution in [0.5, 0.6) is 0 Å². The Hall–Kier alpha value is -7.56. The van der Waals surface area contributed by atoms with Crippen molar-refractivity contribution in [2.45, 2.75) is 108 Å². The van der Waals surface area contributed by atoms with Gasteiger partial charge in [-0.15, -0.1) is 0 Å². The van der Waals surface area contributed by atoms with Crippen LogP contribution in [0.3, 0.4) is 0 Å². The average Bonchev–Trinajstić information content (AvgIpc) is 3.39. The van der Waals surface area contributed by atoms with E-state index in [1.807, 2.05) is 0 Å². The fourth-order valence-corrected chi connectivity index (χ4v) is 7.71. The lowest BCUT2D eigenvalue weighted by atomic mass is 10.1. The van der Waals surface area contributed by atoms with Gasteiger partial charge < -0.3 is 71.6 Å². The molecule has 0 saturated heterocycles. The van der Waals surface area contributed by atoms with Crippen LogP contribution in [0, 0.1) is 0 Å². The summed E-state index contributed by atoms with van der Waals surface area (Å²) in [5.74, 6) is -4.46. The van der Waals surface area contributed by atoms with E-state index < -0.39 is 71.4 Å². The van der Waals surface area contributed by atoms with Crippen molar-refractivity contribution in [2.24, 2.45) is 34.4 Å². The smallest absolute Gasteiger partial charge is 0.252 e. The molecule has 0 fully saturated rings. The molecular formula is C53H73N13O8. The number of hydrogen-bond donors (Lipinski definition) is 13. The standard InChI is InChI=1S/C53H73N13O8/c54-26-6-1-2-23-43(51(72)61-38-18-10-14-34(30-38)46(59)67)64-48(69)36-16-12-20-40(32-36)62-53(74)45(25-5-9-29-57)66-49(70)37-17-13-21-41(33-37)63-52(73)44(24-4-8-28-56)65-47(68)35-15-11-19-39(31-35)60-50(71)42(58)22-3-7-27-55/h10-21,30-33,42-45H,1-9,22-29,54-58H2,(H2,59,67)(H,60,71)(H,61,72)(H,62,74)(H,63,73)(H,64,69)(H,65,68)(H,66,70)/t42-,43-,44-,45-/m0/s1. The largest absolute Gasteiger partial charge is 0.366 e. The molecule has 0 unspecified atom stereocenters. The molecule has 0 aliphatic carbocycles. The van der Waals surface area contributed by atoms with Crippen LogP contribution in [0.15, 0.2) is 97.1 Å². The molecule has 0 saturated carbocycles. The van der Waals surface area contributed by atoms with Gasteiger partial charge in [-0.25, -0.2) is 0 Å². The lowest BCUT2D eigenvalue weighted by Gasteiger charge is -2.20. The lowest BCUT2D eigenvalue weighted by Crippen LogP contribution is -2.44. The molecule has 398 valence electrons. The number of amides is 8. The number of nitrogens with two attached hydrogens (primary N) is 6. The minimum atomic E-state index is -1.05. The van der Waals surface area contributed by atoms with E-state index in [2.05, 4.69) is 37.2 Å². The summed E-state index contributed by atoms with van der Waals surface area (Å²) in [5.41, 5.74) is 36.0. The lowest BCUT2D eigenvalue weighted by molar-refractivity contribution is -0.118. The monoisotopic (exact) mass is 1020 g/mol. The summed E-state index contributed by atoms with van der Waals surface area (Å²) in [6.07, 6.45) is 6.90. The Labute approximate surface area is 431 Å². The Morgan fingerprint density at radius 1 is 0.365 bits per heavy atom. The van der Waals surface area contributed by atoms with Crippen molar-refractivity contribution in [3.63, 3.8) is 0 Å². The van der Waals surface area contributed by atoms with Gasteiger partial charge in [0.2, 0.25) is 29.5 Å². The number of unbranched alkanes of at least 4 members (excludes halogenated alkanes) is 5. The zero-order valence-corrected chi connectivity index (χ0v) is 41.8. The van der Waals surface area contributed by atoms with Crippen LogP contribution < -0.4 is 71.6 Å². The second-order valence-electron chi connectivity index (χ2n) is 17.8. The Morgan fingerprint density at radius 3 is 0.986 bits per heavy atom. The van der Waals surface area contributed by atoms with Crippen molar-refractivity contribution >= 4 is 70.0 Å². The average molecular weight is 1020 g/mol. The van der Waals surface area contributed by atoms with Crippen molar-refractivity contribution < 1.29 is 38.4 Å². The second kappa shape index (κ2) is 31.8. The maximum Gasteiger partial charge on any atom is 0.252 e. The Kier molecular flexibility index (Phi) is 25.4. The minimum absolute atomic E-state index is 0.127. The van der Waals surface area contributed by atoms with Crippen LogP contribution in [0.25, 0.3) is 0 Å². The van der Waals surface area contributed by atoms with Gasteiger partial charge in [-0.1, -0.05) is 43.5 Å². The molecule has 0 aliphatic heterocycles. The van der Waals surface area contributed by atoms with Crippen LogP contribution in [0.1, 0.15) is 125 Å². The zero-order chi connectivity index (χ0) is 53.8. The van der Waals surface area contributed by atoms with Crippen LogP contribution in [0.4, 0.5) is 22.7 Å². The first-order valence-electron chi connectivity index (χ1n) is 25.1. The first-order chi connectivity index (χ1) is 35.6. The SMILES string of the molecule is NCCCCC[C@H](NC(=O)c1cccc(NC(=O)[C@H](CCCCN)NC(=O)c2cccc(NC(=O)[C@H](CCCCN)NC(=O)c3cccc(NC(=O)[C@@H](N)CCCCN)c3)c2)c1)C(=O)Nc1cccc(C(N)=O)c1. The van der Waals surface area contributed by atoms with Gasteiger partial charge >= 0.3 is 0 Å². The summed E-state index contributed by atoms with van der Waals surface area (Å²) in [6.45, 7) is 1.71. The van der Waals surface area contributed by atoms with E-state index in [0.29, 0.717) is 88.9 Å². The Balaban J connectivity index is 1.44. The molecule has 19 N–H and O–H groups in total. The van der Waals surface area contributed by atoms with E-state index in [1.165, 1.54) is 42.5 Å². The summed E-state index contributed by atoms with van der Waals surface area (Å²) in [5, 5.41) is 19.4. The van der Waals surface area contributed by atoms with Crippen LogP contribution in [-0.4, -0.2) is 97.6 Å². The van der Waals surface area contributed by atoms with Gasteiger partial charge in [0.15, 0.2) is 0 Å². The predicted octanol–water partition coefficient (Wildman–Crippen LogP) is 3.17. The minimum Gasteiger partial charge on any atom is -0.366 e. The Morgan fingerprint density at radius 2 is 0.649 bits per heavy atom. The van der Waals surface area contributed by atoms with E-state index in [9.17, 15) is 38.4 Å². The third kappa shape index (κ3) is 20.2. The van der Waals surface area contributed by atoms with Gasteiger partial charge in [-0.2, -0.15) is 0 Å². The van der Waals surface area contributed by atoms with Crippen molar-refractivity contribution in [3.05, 3.63) is 119 Å². The van der Waals surface area contributed by atoms with Crippen molar-refractivity contribution in [1.29, 1.82) is 0 Å². The number of carbonyl (C=O) groups excluding carboxylic acids is 8. The molecule has 0 spiro atoms. The number of benzene rings is 4. The predicted molar refractivity (Wildman–Crippen MR) is 287 cm³/mol. The third-order valence-corrected chi connectivity index (χ3v) is 11.9. The van der Waals surface area contributed by atoms with Crippen molar-refractivity contribution in [2.75, 3.05) is 47.4 Å². The van der Waals surface area contributed by atoms with Gasteiger partial charge in [0.05, 0.1) is 6.04 Å². The fraction of sp³-hybridized carbons (Fsp3) is 0.396. The molecule has 0 aliphatic rings. The highest BCUT2D eigenvalue weighted by molar-refractivity contribution is 6.06. The molecular weight excluding hydrogens is 947 g/mol. The van der Waals surface area contributed by atoms with Gasteiger partial charge in [0, 0.05) is 45.0 Å². The second-order valence-corrected chi connectivity index (χ2v) is 17.8. The molecule has 21 nitrogen and oxygen atoms in total. The van der Waals surface area contributed by atoms with Crippen LogP contribution in [-0.2, 0) is 19.2 Å². The topological polar surface area (TPSA) is 377 Å². The summed E-state index contributed by atoms with van der Waals surface area (Å²) in [4.78, 5) is 107. The number of carbonyl (C=O) groups is 8. The molecule has 0 radical (unpaired) electrons. The molecule has 4 aromatic rings. The molecule has 0 aromatic heterocycles. The quantitative estimate of drug-likeness (QED) is 0.0313.